The van der Waals surface area contributed by atoms with Crippen molar-refractivity contribution >= 4 is 29.6 Å². The Kier molecular flexibility index (Phi) is 6.27. The fourth-order valence-corrected chi connectivity index (χ4v) is 2.26. The van der Waals surface area contributed by atoms with Crippen LogP contribution in [0.25, 0.3) is 6.08 Å². The van der Waals surface area contributed by atoms with Crippen LogP contribution in [0.1, 0.15) is 17.0 Å². The molecule has 0 saturated carbocycles. The van der Waals surface area contributed by atoms with Gasteiger partial charge < -0.3 is 9.73 Å². The highest BCUT2D eigenvalue weighted by Crippen LogP contribution is 2.03. The van der Waals surface area contributed by atoms with Gasteiger partial charge in [0.25, 0.3) is 0 Å². The zero-order chi connectivity index (χ0) is 18.0. The van der Waals surface area contributed by atoms with Crippen LogP contribution in [-0.2, 0) is 13.1 Å². The number of thiocarbonyl (C=S) groups is 1. The van der Waals surface area contributed by atoms with E-state index in [1.807, 2.05) is 42.6 Å². The third-order valence-corrected chi connectivity index (χ3v) is 3.58. The minimum atomic E-state index is 0.417. The van der Waals surface area contributed by atoms with Crippen molar-refractivity contribution in [1.29, 1.82) is 0 Å². The molecule has 0 aliphatic rings. The quantitative estimate of drug-likeness (QED) is 0.380. The highest BCUT2D eigenvalue weighted by Gasteiger charge is 1.98. The Morgan fingerprint density at radius 3 is 2.92 bits per heavy atom. The highest BCUT2D eigenvalue weighted by molar-refractivity contribution is 7.80. The summed E-state index contributed by atoms with van der Waals surface area (Å²) >= 11 is 5.11. The molecule has 0 fully saturated rings. The second kappa shape index (κ2) is 9.28. The second-order valence-corrected chi connectivity index (χ2v) is 5.75. The molecule has 0 saturated heterocycles. The molecule has 0 bridgehead atoms. The fourth-order valence-electron chi connectivity index (χ4n) is 2.14. The zero-order valence-corrected chi connectivity index (χ0v) is 14.8. The summed E-state index contributed by atoms with van der Waals surface area (Å²) in [5, 5.41) is 15.6. The lowest BCUT2D eigenvalue weighted by molar-refractivity contribution is 0.502. The summed E-state index contributed by atoms with van der Waals surface area (Å²) in [7, 11) is 0. The van der Waals surface area contributed by atoms with Crippen LogP contribution in [0.3, 0.4) is 0 Å². The number of nitrogens with zero attached hydrogens (tertiary/aromatic N) is 4. The van der Waals surface area contributed by atoms with Crippen LogP contribution < -0.4 is 10.7 Å². The lowest BCUT2D eigenvalue weighted by Crippen LogP contribution is -2.31. The van der Waals surface area contributed by atoms with E-state index in [-0.39, 0.29) is 0 Å². The van der Waals surface area contributed by atoms with Gasteiger partial charge in [-0.05, 0) is 42.1 Å². The summed E-state index contributed by atoms with van der Waals surface area (Å²) in [6.07, 6.45) is 8.67. The van der Waals surface area contributed by atoms with E-state index in [2.05, 4.69) is 38.3 Å². The van der Waals surface area contributed by atoms with Crippen molar-refractivity contribution in [1.82, 2.24) is 25.7 Å². The molecule has 7 nitrogen and oxygen atoms in total. The van der Waals surface area contributed by atoms with Gasteiger partial charge >= 0.3 is 0 Å². The number of hydrogen-bond donors (Lipinski definition) is 2. The van der Waals surface area contributed by atoms with Crippen LogP contribution in [0.4, 0.5) is 0 Å². The van der Waals surface area contributed by atoms with Crippen LogP contribution >= 0.6 is 12.2 Å². The highest BCUT2D eigenvalue weighted by atomic mass is 32.1. The first kappa shape index (κ1) is 17.6. The van der Waals surface area contributed by atoms with Crippen molar-refractivity contribution in [2.75, 3.05) is 0 Å². The van der Waals surface area contributed by atoms with Crippen molar-refractivity contribution in [2.24, 2.45) is 5.10 Å². The number of aromatic nitrogens is 3. The molecule has 3 rings (SSSR count). The van der Waals surface area contributed by atoms with E-state index >= 15 is 0 Å². The van der Waals surface area contributed by atoms with E-state index in [1.165, 1.54) is 5.56 Å². The maximum Gasteiger partial charge on any atom is 0.187 e. The van der Waals surface area contributed by atoms with Crippen LogP contribution in [0, 0.1) is 0 Å². The third-order valence-electron chi connectivity index (χ3n) is 3.34. The van der Waals surface area contributed by atoms with Gasteiger partial charge in [0.1, 0.15) is 11.5 Å². The van der Waals surface area contributed by atoms with Crippen LogP contribution in [0.5, 0.6) is 0 Å². The van der Waals surface area contributed by atoms with Crippen molar-refractivity contribution in [3.63, 3.8) is 0 Å². The predicted molar refractivity (Wildman–Crippen MR) is 104 cm³/mol. The largest absolute Gasteiger partial charge is 0.467 e. The Morgan fingerprint density at radius 1 is 1.23 bits per heavy atom. The minimum absolute atomic E-state index is 0.417. The van der Waals surface area contributed by atoms with Gasteiger partial charge in [0.2, 0.25) is 0 Å². The SMILES string of the molecule is S=C(NCc1ccco1)N/N=C\C=C\c1cn(Cc2ccccc2)nn1. The molecule has 0 unspecified atom stereocenters. The summed E-state index contributed by atoms with van der Waals surface area (Å²) in [5.74, 6) is 0.802. The Morgan fingerprint density at radius 2 is 2.12 bits per heavy atom. The molecule has 2 heterocycles. The molecule has 26 heavy (non-hydrogen) atoms. The van der Waals surface area contributed by atoms with Crippen molar-refractivity contribution in [3.8, 4) is 0 Å². The van der Waals surface area contributed by atoms with E-state index in [4.69, 9.17) is 16.6 Å². The van der Waals surface area contributed by atoms with Crippen LogP contribution in [-0.4, -0.2) is 26.3 Å². The summed E-state index contributed by atoms with van der Waals surface area (Å²) in [5.41, 5.74) is 4.66. The summed E-state index contributed by atoms with van der Waals surface area (Å²) in [4.78, 5) is 0. The number of nitrogens with one attached hydrogen (secondary N) is 2. The van der Waals surface area contributed by atoms with E-state index in [0.717, 1.165) is 11.5 Å². The standard InChI is InChI=1S/C18H18N6OS/c26-18(19-12-17-9-5-11-25-17)22-20-10-4-8-16-14-24(23-21-16)13-15-6-2-1-3-7-15/h1-11,14H,12-13H2,(H2,19,22,26)/b8-4+,20-10-. The molecule has 0 amide bonds. The summed E-state index contributed by atoms with van der Waals surface area (Å²) in [6.45, 7) is 1.20. The Labute approximate surface area is 156 Å². The summed E-state index contributed by atoms with van der Waals surface area (Å²) < 4.78 is 6.99. The fraction of sp³-hybridized carbons (Fsp3) is 0.111. The van der Waals surface area contributed by atoms with Gasteiger partial charge in [0.05, 0.1) is 25.5 Å². The van der Waals surface area contributed by atoms with E-state index in [1.54, 1.807) is 23.2 Å². The van der Waals surface area contributed by atoms with Gasteiger partial charge in [-0.15, -0.1) is 5.10 Å². The maximum absolute atomic E-state index is 5.20. The van der Waals surface area contributed by atoms with Gasteiger partial charge in [-0.3, -0.25) is 5.43 Å². The number of furan rings is 1. The average molecular weight is 366 g/mol. The molecule has 132 valence electrons. The maximum atomic E-state index is 5.20. The number of hydrogen-bond acceptors (Lipinski definition) is 5. The monoisotopic (exact) mass is 366 g/mol. The topological polar surface area (TPSA) is 80.3 Å². The average Bonchev–Trinajstić information content (AvgIpc) is 3.33. The molecule has 0 atom stereocenters. The molecule has 2 aromatic heterocycles. The lowest BCUT2D eigenvalue weighted by atomic mass is 10.2. The third kappa shape index (κ3) is 5.67. The van der Waals surface area contributed by atoms with Gasteiger partial charge in [-0.25, -0.2) is 4.68 Å². The van der Waals surface area contributed by atoms with E-state index in [0.29, 0.717) is 18.2 Å². The molecular formula is C18H18N6OS. The van der Waals surface area contributed by atoms with Gasteiger partial charge in [0.15, 0.2) is 5.11 Å². The smallest absolute Gasteiger partial charge is 0.187 e. The normalized spacial score (nSPS) is 11.2. The first-order chi connectivity index (χ1) is 12.8. The van der Waals surface area contributed by atoms with Crippen molar-refractivity contribution < 1.29 is 4.42 Å². The number of rotatable bonds is 7. The number of benzene rings is 1. The molecule has 8 heteroatoms. The van der Waals surface area contributed by atoms with E-state index in [9.17, 15) is 0 Å². The second-order valence-electron chi connectivity index (χ2n) is 5.34. The molecule has 1 aromatic carbocycles. The summed E-state index contributed by atoms with van der Waals surface area (Å²) in [6, 6.07) is 13.8. The Hall–Kier alpha value is -3.26. The van der Waals surface area contributed by atoms with Crippen LogP contribution in [0.15, 0.2) is 70.5 Å². The Balaban J connectivity index is 1.40. The van der Waals surface area contributed by atoms with Gasteiger partial charge in [-0.1, -0.05) is 35.5 Å². The lowest BCUT2D eigenvalue weighted by Gasteiger charge is -2.03. The molecule has 0 aliphatic carbocycles. The molecule has 0 aliphatic heterocycles. The first-order valence-electron chi connectivity index (χ1n) is 7.99. The number of hydrazone groups is 1. The minimum Gasteiger partial charge on any atom is -0.467 e. The van der Waals surface area contributed by atoms with Crippen LogP contribution in [0.2, 0.25) is 0 Å². The molecular weight excluding hydrogens is 348 g/mol. The predicted octanol–water partition coefficient (Wildman–Crippen LogP) is 2.58. The van der Waals surface area contributed by atoms with Gasteiger partial charge in [-0.2, -0.15) is 5.10 Å². The van der Waals surface area contributed by atoms with E-state index < -0.39 is 0 Å². The molecule has 0 spiro atoms. The van der Waals surface area contributed by atoms with Gasteiger partial charge in [0, 0.05) is 6.21 Å². The Bertz CT molecular complexity index is 870. The molecule has 0 radical (unpaired) electrons. The molecule has 3 aromatic rings. The molecule has 2 N–H and O–H groups in total. The van der Waals surface area contributed by atoms with Crippen molar-refractivity contribution in [3.05, 3.63) is 78.0 Å². The van der Waals surface area contributed by atoms with Crippen molar-refractivity contribution in [2.45, 2.75) is 13.1 Å². The number of allylic oxidation sites excluding steroid dienone is 1. The zero-order valence-electron chi connectivity index (χ0n) is 13.9. The first-order valence-corrected chi connectivity index (χ1v) is 8.40.